The quantitative estimate of drug-likeness (QED) is 0.239. The lowest BCUT2D eigenvalue weighted by Gasteiger charge is -2.32. The van der Waals surface area contributed by atoms with Crippen molar-refractivity contribution in [2.45, 2.75) is 56.5 Å². The van der Waals surface area contributed by atoms with Crippen LogP contribution in [0.5, 0.6) is 0 Å². The van der Waals surface area contributed by atoms with Gasteiger partial charge in [0.05, 0.1) is 13.2 Å². The highest BCUT2D eigenvalue weighted by atomic mass is 16.5. The van der Waals surface area contributed by atoms with E-state index in [-0.39, 0.29) is 19.7 Å². The van der Waals surface area contributed by atoms with E-state index in [4.69, 9.17) is 10.5 Å². The summed E-state index contributed by atoms with van der Waals surface area (Å²) in [6, 6.07) is 4.61. The molecule has 5 amide bonds. The average molecular weight is 520 g/mol. The Kier molecular flexibility index (Phi) is 9.80. The van der Waals surface area contributed by atoms with Crippen LogP contribution in [0.1, 0.15) is 31.2 Å². The minimum absolute atomic E-state index is 0.0187. The topological polar surface area (TPSA) is 192 Å². The van der Waals surface area contributed by atoms with Gasteiger partial charge >= 0.3 is 6.09 Å². The van der Waals surface area contributed by atoms with E-state index in [9.17, 15) is 34.2 Å². The molecule has 202 valence electrons. The molecule has 13 heteroatoms. The number of nitrogens with one attached hydrogen (secondary N) is 2. The molecule has 37 heavy (non-hydrogen) atoms. The molecule has 3 rings (SSSR count). The Balaban J connectivity index is 1.61. The van der Waals surface area contributed by atoms with Crippen molar-refractivity contribution in [2.75, 3.05) is 26.3 Å². The molecule has 0 radical (unpaired) electrons. The van der Waals surface area contributed by atoms with Gasteiger partial charge in [-0.25, -0.2) is 4.79 Å². The summed E-state index contributed by atoms with van der Waals surface area (Å²) >= 11 is 0. The molecule has 0 bridgehead atoms. The molecule has 2 fully saturated rings. The lowest BCUT2D eigenvalue weighted by atomic mass is 10.1. The highest BCUT2D eigenvalue weighted by Gasteiger charge is 2.43. The zero-order chi connectivity index (χ0) is 26.9. The van der Waals surface area contributed by atoms with Gasteiger partial charge in [-0.05, 0) is 31.2 Å². The van der Waals surface area contributed by atoms with E-state index in [1.165, 1.54) is 9.80 Å². The van der Waals surface area contributed by atoms with E-state index in [2.05, 4.69) is 10.6 Å². The fourth-order valence-corrected chi connectivity index (χ4v) is 4.55. The van der Waals surface area contributed by atoms with Gasteiger partial charge < -0.3 is 41.1 Å². The van der Waals surface area contributed by atoms with Crippen LogP contribution >= 0.6 is 0 Å². The first-order chi connectivity index (χ1) is 17.8. The number of nitrogens with two attached hydrogens (primary N) is 1. The smallest absolute Gasteiger partial charge is 0.408 e. The molecular formula is C24H33N5O8. The van der Waals surface area contributed by atoms with Crippen LogP contribution in [0.2, 0.25) is 0 Å². The lowest BCUT2D eigenvalue weighted by Crippen LogP contribution is -2.58. The predicted molar refractivity (Wildman–Crippen MR) is 128 cm³/mol. The monoisotopic (exact) mass is 519 g/mol. The summed E-state index contributed by atoms with van der Waals surface area (Å²) in [5, 5.41) is 23.7. The molecule has 4 atom stereocenters. The number of aliphatic hydroxyl groups is 2. The Morgan fingerprint density at radius 1 is 0.919 bits per heavy atom. The summed E-state index contributed by atoms with van der Waals surface area (Å²) in [5.41, 5.74) is 5.92. The van der Waals surface area contributed by atoms with Crippen molar-refractivity contribution in [3.8, 4) is 0 Å². The zero-order valence-corrected chi connectivity index (χ0v) is 20.4. The largest absolute Gasteiger partial charge is 0.445 e. The first-order valence-corrected chi connectivity index (χ1v) is 12.2. The Morgan fingerprint density at radius 2 is 1.54 bits per heavy atom. The van der Waals surface area contributed by atoms with E-state index < -0.39 is 67.1 Å². The Bertz CT molecular complexity index is 991. The molecule has 2 saturated heterocycles. The molecule has 6 N–H and O–H groups in total. The van der Waals surface area contributed by atoms with Gasteiger partial charge in [0.2, 0.25) is 23.6 Å². The molecule has 0 aromatic heterocycles. The number of hydrogen-bond acceptors (Lipinski definition) is 8. The standard InChI is InChI=1S/C24H33N5O8/c25-20(32)16(12-30)26-21(33)18-8-4-10-28(18)23(35)19-9-5-11-29(19)22(34)17(13-31)27-24(36)37-14-15-6-2-1-3-7-15/h1-3,6-7,16-19,30-31H,4-5,8-14H2,(H2,25,32)(H,26,33)(H,27,36)/t16?,17?,18-,19-/m0/s1. The fraction of sp³-hybridized carbons (Fsp3) is 0.542. The van der Waals surface area contributed by atoms with Gasteiger partial charge in [-0.1, -0.05) is 30.3 Å². The number of carbonyl (C=O) groups excluding carboxylic acids is 5. The molecule has 2 unspecified atom stereocenters. The maximum Gasteiger partial charge on any atom is 0.408 e. The molecule has 2 aliphatic heterocycles. The van der Waals surface area contributed by atoms with Gasteiger partial charge in [0.1, 0.15) is 30.8 Å². The summed E-state index contributed by atoms with van der Waals surface area (Å²) in [7, 11) is 0. The molecular weight excluding hydrogens is 486 g/mol. The summed E-state index contributed by atoms with van der Waals surface area (Å²) in [6.45, 7) is -0.860. The van der Waals surface area contributed by atoms with Crippen molar-refractivity contribution in [2.24, 2.45) is 5.73 Å². The van der Waals surface area contributed by atoms with Crippen LogP contribution in [0.4, 0.5) is 4.79 Å². The number of primary amides is 1. The van der Waals surface area contributed by atoms with Crippen LogP contribution in [-0.4, -0.2) is 100 Å². The minimum atomic E-state index is -1.31. The van der Waals surface area contributed by atoms with Crippen molar-refractivity contribution in [3.63, 3.8) is 0 Å². The number of nitrogens with zero attached hydrogens (tertiary/aromatic N) is 2. The van der Waals surface area contributed by atoms with Crippen LogP contribution < -0.4 is 16.4 Å². The number of rotatable bonds is 10. The SMILES string of the molecule is NC(=O)C(CO)NC(=O)[C@@H]1CCCN1C(=O)[C@@H]1CCCN1C(=O)C(CO)NC(=O)OCc1ccccc1. The first-order valence-electron chi connectivity index (χ1n) is 12.2. The molecule has 0 saturated carbocycles. The van der Waals surface area contributed by atoms with Gasteiger partial charge in [0.25, 0.3) is 0 Å². The molecule has 1 aromatic rings. The Labute approximate surface area is 213 Å². The highest BCUT2D eigenvalue weighted by Crippen LogP contribution is 2.25. The second kappa shape index (κ2) is 13.0. The van der Waals surface area contributed by atoms with Crippen LogP contribution in [0.3, 0.4) is 0 Å². The fourth-order valence-electron chi connectivity index (χ4n) is 4.55. The van der Waals surface area contributed by atoms with Gasteiger partial charge in [-0.2, -0.15) is 0 Å². The summed E-state index contributed by atoms with van der Waals surface area (Å²) in [6.07, 6.45) is 0.884. The number of alkyl carbamates (subject to hydrolysis) is 1. The molecule has 0 aliphatic carbocycles. The van der Waals surface area contributed by atoms with Crippen LogP contribution in [0, 0.1) is 0 Å². The Morgan fingerprint density at radius 3 is 2.16 bits per heavy atom. The van der Waals surface area contributed by atoms with Crippen LogP contribution in [0.15, 0.2) is 30.3 Å². The summed E-state index contributed by atoms with van der Waals surface area (Å²) in [4.78, 5) is 65.5. The van der Waals surface area contributed by atoms with E-state index in [0.717, 1.165) is 5.56 Å². The average Bonchev–Trinajstić information content (AvgIpc) is 3.59. The van der Waals surface area contributed by atoms with E-state index in [1.807, 2.05) is 6.07 Å². The van der Waals surface area contributed by atoms with Crippen molar-refractivity contribution in [1.29, 1.82) is 0 Å². The van der Waals surface area contributed by atoms with E-state index in [0.29, 0.717) is 25.7 Å². The molecule has 0 spiro atoms. The van der Waals surface area contributed by atoms with Gasteiger partial charge in [-0.3, -0.25) is 19.2 Å². The third-order valence-corrected chi connectivity index (χ3v) is 6.49. The third kappa shape index (κ3) is 6.95. The number of amides is 5. The first kappa shape index (κ1) is 27.9. The molecule has 2 heterocycles. The maximum absolute atomic E-state index is 13.4. The number of benzene rings is 1. The minimum Gasteiger partial charge on any atom is -0.445 e. The lowest BCUT2D eigenvalue weighted by molar-refractivity contribution is -0.148. The highest BCUT2D eigenvalue weighted by molar-refractivity contribution is 5.95. The van der Waals surface area contributed by atoms with Gasteiger partial charge in [-0.15, -0.1) is 0 Å². The van der Waals surface area contributed by atoms with Crippen molar-refractivity contribution in [1.82, 2.24) is 20.4 Å². The van der Waals surface area contributed by atoms with Crippen LogP contribution in [0.25, 0.3) is 0 Å². The second-order valence-corrected chi connectivity index (χ2v) is 8.97. The number of ether oxygens (including phenoxy) is 1. The molecule has 13 nitrogen and oxygen atoms in total. The number of likely N-dealkylation sites (tertiary alicyclic amines) is 2. The van der Waals surface area contributed by atoms with E-state index in [1.54, 1.807) is 24.3 Å². The van der Waals surface area contributed by atoms with Crippen molar-refractivity contribution >= 4 is 29.7 Å². The van der Waals surface area contributed by atoms with Gasteiger partial charge in [0, 0.05) is 13.1 Å². The number of aliphatic hydroxyl groups excluding tert-OH is 2. The maximum atomic E-state index is 13.4. The van der Waals surface area contributed by atoms with Gasteiger partial charge in [0.15, 0.2) is 0 Å². The summed E-state index contributed by atoms with van der Waals surface area (Å²) < 4.78 is 5.12. The third-order valence-electron chi connectivity index (χ3n) is 6.49. The number of carbonyl (C=O) groups is 5. The molecule has 2 aliphatic rings. The summed E-state index contributed by atoms with van der Waals surface area (Å²) in [5.74, 6) is -2.59. The Hall–Kier alpha value is -3.71. The van der Waals surface area contributed by atoms with Crippen molar-refractivity contribution in [3.05, 3.63) is 35.9 Å². The van der Waals surface area contributed by atoms with E-state index >= 15 is 0 Å². The van der Waals surface area contributed by atoms with Crippen LogP contribution in [-0.2, 0) is 30.5 Å². The normalized spacial score (nSPS) is 20.7. The zero-order valence-electron chi connectivity index (χ0n) is 20.4. The molecule has 1 aromatic carbocycles. The number of hydrogen-bond donors (Lipinski definition) is 5. The van der Waals surface area contributed by atoms with Crippen molar-refractivity contribution < 1.29 is 38.9 Å². The predicted octanol–water partition coefficient (Wildman–Crippen LogP) is -1.78. The second-order valence-electron chi connectivity index (χ2n) is 8.97.